The number of aliphatic hydroxyl groups is 1. The Morgan fingerprint density at radius 3 is 2.71 bits per heavy atom. The lowest BCUT2D eigenvalue weighted by Gasteiger charge is -2.12. The number of benzene rings is 1. The normalized spacial score (nSPS) is 14.2. The van der Waals surface area contributed by atoms with Crippen molar-refractivity contribution >= 4 is 23.7 Å². The maximum absolute atomic E-state index is 10.5. The Balaban J connectivity index is 2.04. The third kappa shape index (κ3) is 2.68. The fourth-order valence-corrected chi connectivity index (χ4v) is 2.62. The van der Waals surface area contributed by atoms with Gasteiger partial charge < -0.3 is 15.8 Å². The van der Waals surface area contributed by atoms with Gasteiger partial charge in [0.2, 0.25) is 0 Å². The van der Waals surface area contributed by atoms with E-state index in [1.807, 2.05) is 42.6 Å². The van der Waals surface area contributed by atoms with Gasteiger partial charge in [-0.05, 0) is 17.2 Å². The van der Waals surface area contributed by atoms with Crippen molar-refractivity contribution < 1.29 is 5.11 Å². The van der Waals surface area contributed by atoms with E-state index < -0.39 is 6.10 Å². The van der Waals surface area contributed by atoms with E-state index in [-0.39, 0.29) is 6.04 Å². The molecule has 0 saturated heterocycles. The number of fused-ring (bicyclic) bond motifs is 1. The molecule has 0 spiro atoms. The van der Waals surface area contributed by atoms with Crippen LogP contribution in [0.2, 0.25) is 0 Å². The van der Waals surface area contributed by atoms with Crippen molar-refractivity contribution in [1.29, 1.82) is 0 Å². The number of aliphatic hydroxyl groups excluding tert-OH is 1. The Kier molecular flexibility index (Phi) is 3.96. The van der Waals surface area contributed by atoms with Gasteiger partial charge in [0.1, 0.15) is 11.8 Å². The lowest BCUT2D eigenvalue weighted by atomic mass is 10.0. The maximum Gasteiger partial charge on any atom is 0.137 e. The van der Waals surface area contributed by atoms with E-state index in [0.29, 0.717) is 5.75 Å². The number of nitrogens with zero attached hydrogens (tertiary/aromatic N) is 1. The van der Waals surface area contributed by atoms with Crippen molar-refractivity contribution in [2.75, 3.05) is 5.75 Å². The van der Waals surface area contributed by atoms with Crippen LogP contribution in [-0.4, -0.2) is 20.8 Å². The summed E-state index contributed by atoms with van der Waals surface area (Å²) < 4.78 is 0. The van der Waals surface area contributed by atoms with Gasteiger partial charge in [-0.3, -0.25) is 0 Å². The highest BCUT2D eigenvalue weighted by atomic mass is 32.1. The molecule has 3 aromatic rings. The van der Waals surface area contributed by atoms with Crippen LogP contribution >= 0.6 is 12.6 Å². The molecule has 0 amide bonds. The van der Waals surface area contributed by atoms with Gasteiger partial charge in [-0.2, -0.15) is 12.6 Å². The molecule has 0 aliphatic carbocycles. The first-order chi connectivity index (χ1) is 10.2. The van der Waals surface area contributed by atoms with Crippen LogP contribution in [0.25, 0.3) is 11.0 Å². The molecule has 108 valence electrons. The van der Waals surface area contributed by atoms with Gasteiger partial charge in [-0.15, -0.1) is 0 Å². The van der Waals surface area contributed by atoms with Crippen LogP contribution in [0.15, 0.2) is 48.8 Å². The molecule has 4 N–H and O–H groups in total. The molecule has 0 aliphatic heterocycles. The number of hydrogen-bond acceptors (Lipinski definition) is 4. The molecule has 0 bridgehead atoms. The van der Waals surface area contributed by atoms with Gasteiger partial charge in [0.25, 0.3) is 0 Å². The Labute approximate surface area is 128 Å². The van der Waals surface area contributed by atoms with E-state index in [0.717, 1.165) is 27.7 Å². The second-order valence-corrected chi connectivity index (χ2v) is 5.38. The topological polar surface area (TPSA) is 74.9 Å². The molecule has 2 unspecified atom stereocenters. The second kappa shape index (κ2) is 5.89. The van der Waals surface area contributed by atoms with Crippen molar-refractivity contribution in [1.82, 2.24) is 9.97 Å². The van der Waals surface area contributed by atoms with Crippen LogP contribution in [0, 0.1) is 0 Å². The number of thiol groups is 1. The van der Waals surface area contributed by atoms with Crippen LogP contribution in [0.1, 0.15) is 28.8 Å². The van der Waals surface area contributed by atoms with Crippen molar-refractivity contribution in [3.63, 3.8) is 0 Å². The molecule has 21 heavy (non-hydrogen) atoms. The predicted octanol–water partition coefficient (Wildman–Crippen LogP) is 2.57. The molecule has 0 fully saturated rings. The first-order valence-corrected chi connectivity index (χ1v) is 7.40. The third-order valence-corrected chi connectivity index (χ3v) is 4.00. The van der Waals surface area contributed by atoms with E-state index in [4.69, 9.17) is 5.73 Å². The highest BCUT2D eigenvalue weighted by Crippen LogP contribution is 2.27. The van der Waals surface area contributed by atoms with Gasteiger partial charge in [0, 0.05) is 35.1 Å². The number of aromatic nitrogens is 2. The van der Waals surface area contributed by atoms with Crippen LogP contribution in [0.4, 0.5) is 0 Å². The number of rotatable bonds is 4. The predicted molar refractivity (Wildman–Crippen MR) is 87.4 cm³/mol. The molecule has 1 aromatic carbocycles. The summed E-state index contributed by atoms with van der Waals surface area (Å²) in [6, 6.07) is 11.3. The fraction of sp³-hybridized carbons (Fsp3) is 0.188. The van der Waals surface area contributed by atoms with E-state index in [2.05, 4.69) is 22.6 Å². The molecule has 2 heterocycles. The molecule has 3 rings (SSSR count). The molecule has 4 nitrogen and oxygen atoms in total. The Bertz CT molecular complexity index is 742. The van der Waals surface area contributed by atoms with Crippen molar-refractivity contribution in [3.8, 4) is 0 Å². The number of nitrogens with two attached hydrogens (primary N) is 1. The number of H-pyrrole nitrogens is 1. The Morgan fingerprint density at radius 2 is 2.00 bits per heavy atom. The molecule has 0 saturated carbocycles. The highest BCUT2D eigenvalue weighted by molar-refractivity contribution is 7.80. The third-order valence-electron chi connectivity index (χ3n) is 3.61. The zero-order valence-corrected chi connectivity index (χ0v) is 12.3. The minimum Gasteiger partial charge on any atom is -0.384 e. The van der Waals surface area contributed by atoms with Gasteiger partial charge in [-0.1, -0.05) is 30.3 Å². The molecule has 0 radical (unpaired) electrons. The molecule has 5 heteroatoms. The van der Waals surface area contributed by atoms with Crippen molar-refractivity contribution in [2.45, 2.75) is 12.1 Å². The Morgan fingerprint density at radius 1 is 1.24 bits per heavy atom. The number of nitrogens with one attached hydrogen (secondary N) is 1. The average molecular weight is 299 g/mol. The minimum atomic E-state index is -0.696. The van der Waals surface area contributed by atoms with Gasteiger partial charge in [-0.25, -0.2) is 4.98 Å². The smallest absolute Gasteiger partial charge is 0.137 e. The van der Waals surface area contributed by atoms with Crippen LogP contribution in [0.5, 0.6) is 0 Å². The van der Waals surface area contributed by atoms with Gasteiger partial charge in [0.15, 0.2) is 0 Å². The summed E-state index contributed by atoms with van der Waals surface area (Å²) in [6.45, 7) is 0. The van der Waals surface area contributed by atoms with Gasteiger partial charge in [0.05, 0.1) is 0 Å². The summed E-state index contributed by atoms with van der Waals surface area (Å²) in [4.78, 5) is 7.47. The lowest BCUT2D eigenvalue weighted by molar-refractivity contribution is 0.220. The first kappa shape index (κ1) is 14.1. The molecule has 2 aromatic heterocycles. The SMILES string of the molecule is NC(CS)c1c[nH]c2ncc(C(O)c3ccccc3)cc12. The van der Waals surface area contributed by atoms with E-state index in [9.17, 15) is 5.11 Å². The molecule has 0 aliphatic rings. The van der Waals surface area contributed by atoms with Gasteiger partial charge >= 0.3 is 0 Å². The number of aromatic amines is 1. The average Bonchev–Trinajstić information content (AvgIpc) is 2.97. The van der Waals surface area contributed by atoms with E-state index in [1.54, 1.807) is 6.20 Å². The summed E-state index contributed by atoms with van der Waals surface area (Å²) >= 11 is 4.24. The summed E-state index contributed by atoms with van der Waals surface area (Å²) in [5, 5.41) is 11.4. The lowest BCUT2D eigenvalue weighted by Crippen LogP contribution is -2.11. The summed E-state index contributed by atoms with van der Waals surface area (Å²) in [6.07, 6.45) is 2.85. The van der Waals surface area contributed by atoms with E-state index in [1.165, 1.54) is 0 Å². The summed E-state index contributed by atoms with van der Waals surface area (Å²) in [5.74, 6) is 0.554. The van der Waals surface area contributed by atoms with Crippen molar-refractivity contribution in [2.24, 2.45) is 5.73 Å². The largest absolute Gasteiger partial charge is 0.384 e. The maximum atomic E-state index is 10.5. The van der Waals surface area contributed by atoms with Crippen molar-refractivity contribution in [3.05, 3.63) is 65.5 Å². The standard InChI is InChI=1S/C16H17N3OS/c17-14(9-21)13-8-19-16-12(13)6-11(7-18-16)15(20)10-4-2-1-3-5-10/h1-8,14-15,20-21H,9,17H2,(H,18,19). The first-order valence-electron chi connectivity index (χ1n) is 6.77. The second-order valence-electron chi connectivity index (χ2n) is 5.01. The Hall–Kier alpha value is -1.82. The summed E-state index contributed by atoms with van der Waals surface area (Å²) in [7, 11) is 0. The molecular weight excluding hydrogens is 282 g/mol. The zero-order chi connectivity index (χ0) is 14.8. The monoisotopic (exact) mass is 299 g/mol. The molecule has 2 atom stereocenters. The summed E-state index contributed by atoms with van der Waals surface area (Å²) in [5.41, 5.74) is 9.39. The quantitative estimate of drug-likeness (QED) is 0.559. The van der Waals surface area contributed by atoms with Crippen LogP contribution in [-0.2, 0) is 0 Å². The molecular formula is C16H17N3OS. The fourth-order valence-electron chi connectivity index (χ4n) is 2.42. The minimum absolute atomic E-state index is 0.159. The van der Waals surface area contributed by atoms with E-state index >= 15 is 0 Å². The number of hydrogen-bond donors (Lipinski definition) is 4. The highest BCUT2D eigenvalue weighted by Gasteiger charge is 2.15. The van der Waals surface area contributed by atoms with Crippen LogP contribution < -0.4 is 5.73 Å². The zero-order valence-electron chi connectivity index (χ0n) is 11.4. The number of pyridine rings is 1. The van der Waals surface area contributed by atoms with Crippen LogP contribution in [0.3, 0.4) is 0 Å².